The average Bonchev–Trinajstić information content (AvgIpc) is 2.88. The SMILES string of the molecule is C=C(C)C1=CC=C(C(=C)NC(CN(CCC)C(=O)CNC(=O)OC)=NC)CC1.CC.CC.CCC. The molecule has 1 aliphatic rings. The summed E-state index contributed by atoms with van der Waals surface area (Å²) in [5.41, 5.74) is 4.21. The fraction of sp³-hybridized carbons (Fsp3) is 0.607. The highest BCUT2D eigenvalue weighted by Gasteiger charge is 2.17. The van der Waals surface area contributed by atoms with E-state index in [9.17, 15) is 9.59 Å². The van der Waals surface area contributed by atoms with E-state index in [1.54, 1.807) is 11.9 Å². The summed E-state index contributed by atoms with van der Waals surface area (Å²) in [6.45, 7) is 25.1. The summed E-state index contributed by atoms with van der Waals surface area (Å²) in [5, 5.41) is 5.64. The molecule has 0 unspecified atom stereocenters. The van der Waals surface area contributed by atoms with Crippen molar-refractivity contribution in [3.8, 4) is 0 Å². The van der Waals surface area contributed by atoms with Gasteiger partial charge in [0, 0.05) is 19.3 Å². The van der Waals surface area contributed by atoms with Gasteiger partial charge >= 0.3 is 6.09 Å². The third kappa shape index (κ3) is 17.3. The van der Waals surface area contributed by atoms with Crippen LogP contribution in [0.2, 0.25) is 0 Å². The Bertz CT molecular complexity index is 722. The second kappa shape index (κ2) is 24.3. The molecule has 0 bridgehead atoms. The molecule has 0 aromatic carbocycles. The fourth-order valence-corrected chi connectivity index (χ4v) is 2.74. The van der Waals surface area contributed by atoms with Crippen molar-refractivity contribution in [3.63, 3.8) is 0 Å². The van der Waals surface area contributed by atoms with Gasteiger partial charge in [-0.05, 0) is 37.3 Å². The average molecular weight is 493 g/mol. The van der Waals surface area contributed by atoms with Crippen molar-refractivity contribution in [2.75, 3.05) is 33.8 Å². The summed E-state index contributed by atoms with van der Waals surface area (Å²) in [6.07, 6.45) is 7.34. The molecule has 0 fully saturated rings. The van der Waals surface area contributed by atoms with E-state index in [-0.39, 0.29) is 12.5 Å². The predicted octanol–water partition coefficient (Wildman–Crippen LogP) is 6.40. The maximum atomic E-state index is 12.4. The molecule has 1 aliphatic carbocycles. The van der Waals surface area contributed by atoms with Crippen LogP contribution in [0.3, 0.4) is 0 Å². The number of carbonyl (C=O) groups is 2. The summed E-state index contributed by atoms with van der Waals surface area (Å²) in [7, 11) is 2.93. The molecule has 0 atom stereocenters. The van der Waals surface area contributed by atoms with Crippen LogP contribution >= 0.6 is 0 Å². The molecule has 2 amide bonds. The molecule has 7 nitrogen and oxygen atoms in total. The largest absolute Gasteiger partial charge is 0.453 e. The van der Waals surface area contributed by atoms with Gasteiger partial charge < -0.3 is 20.3 Å². The molecule has 2 N–H and O–H groups in total. The second-order valence-electron chi connectivity index (χ2n) is 7.31. The van der Waals surface area contributed by atoms with Crippen LogP contribution in [0.15, 0.2) is 52.7 Å². The van der Waals surface area contributed by atoms with E-state index in [2.05, 4.69) is 53.4 Å². The van der Waals surface area contributed by atoms with Crippen molar-refractivity contribution in [3.05, 3.63) is 47.7 Å². The zero-order chi connectivity index (χ0) is 27.8. The van der Waals surface area contributed by atoms with E-state index in [0.717, 1.165) is 36.1 Å². The lowest BCUT2D eigenvalue weighted by molar-refractivity contribution is -0.129. The topological polar surface area (TPSA) is 83.0 Å². The first-order chi connectivity index (χ1) is 16.7. The van der Waals surface area contributed by atoms with Gasteiger partial charge in [0.2, 0.25) is 5.91 Å². The predicted molar refractivity (Wildman–Crippen MR) is 152 cm³/mol. The standard InChI is InChI=1S/C21H32N4O3.C3H8.2C2H6/c1-7-12-25(20(26)13-23-21(27)28-6)14-19(22-5)24-16(4)18-10-8-17(9-11-18)15(2)3;1-3-2;2*1-2/h8,10H,2,4,7,9,11-14H2,1,3,5-6H3,(H,22,24)(H,23,27);3H2,1-2H3;2*1-2H3. The quantitative estimate of drug-likeness (QED) is 0.288. The molecular weight excluding hydrogens is 440 g/mol. The van der Waals surface area contributed by atoms with Crippen molar-refractivity contribution in [2.45, 2.75) is 81.1 Å². The van der Waals surface area contributed by atoms with Gasteiger partial charge in [-0.15, -0.1) is 0 Å². The molecule has 35 heavy (non-hydrogen) atoms. The van der Waals surface area contributed by atoms with Crippen LogP contribution in [0.25, 0.3) is 0 Å². The fourth-order valence-electron chi connectivity index (χ4n) is 2.74. The van der Waals surface area contributed by atoms with E-state index < -0.39 is 6.09 Å². The molecular formula is C28H52N4O3. The number of hydrogen-bond acceptors (Lipinski definition) is 4. The van der Waals surface area contributed by atoms with E-state index >= 15 is 0 Å². The third-order valence-electron chi connectivity index (χ3n) is 4.41. The molecule has 202 valence electrons. The Morgan fingerprint density at radius 1 is 1.06 bits per heavy atom. The van der Waals surface area contributed by atoms with Crippen LogP contribution in [-0.4, -0.2) is 56.5 Å². The van der Waals surface area contributed by atoms with Crippen LogP contribution in [0.5, 0.6) is 0 Å². The van der Waals surface area contributed by atoms with Crippen molar-refractivity contribution in [1.29, 1.82) is 0 Å². The van der Waals surface area contributed by atoms with Gasteiger partial charge in [-0.3, -0.25) is 9.79 Å². The van der Waals surface area contributed by atoms with E-state index in [0.29, 0.717) is 18.9 Å². The smallest absolute Gasteiger partial charge is 0.407 e. The Morgan fingerprint density at radius 3 is 1.97 bits per heavy atom. The minimum atomic E-state index is -0.632. The molecule has 0 radical (unpaired) electrons. The number of alkyl carbamates (subject to hydrolysis) is 1. The first-order valence-corrected chi connectivity index (χ1v) is 12.8. The zero-order valence-electron chi connectivity index (χ0n) is 24.1. The van der Waals surface area contributed by atoms with Gasteiger partial charge in [0.1, 0.15) is 12.4 Å². The molecule has 0 aliphatic heterocycles. The summed E-state index contributed by atoms with van der Waals surface area (Å²) in [6, 6.07) is 0. The Hall–Kier alpha value is -2.83. The molecule has 0 heterocycles. The summed E-state index contributed by atoms with van der Waals surface area (Å²) in [5.74, 6) is 0.437. The number of hydrogen-bond donors (Lipinski definition) is 2. The van der Waals surface area contributed by atoms with Gasteiger partial charge in [-0.2, -0.15) is 0 Å². The Balaban J connectivity index is -0.00000132. The zero-order valence-corrected chi connectivity index (χ0v) is 24.1. The summed E-state index contributed by atoms with van der Waals surface area (Å²) in [4.78, 5) is 29.5. The molecule has 0 spiro atoms. The number of carbonyl (C=O) groups excluding carboxylic acids is 2. The monoisotopic (exact) mass is 492 g/mol. The minimum Gasteiger partial charge on any atom is -0.453 e. The molecule has 0 saturated heterocycles. The van der Waals surface area contributed by atoms with E-state index in [1.165, 1.54) is 19.1 Å². The van der Waals surface area contributed by atoms with Crippen LogP contribution < -0.4 is 10.6 Å². The molecule has 0 saturated carbocycles. The molecule has 7 heteroatoms. The van der Waals surface area contributed by atoms with E-state index in [1.807, 2.05) is 47.6 Å². The van der Waals surface area contributed by atoms with Crippen molar-refractivity contribution in [1.82, 2.24) is 15.5 Å². The van der Waals surface area contributed by atoms with Crippen molar-refractivity contribution >= 4 is 17.8 Å². The number of methoxy groups -OCH3 is 1. The Labute approximate surface area is 215 Å². The number of ether oxygens (including phenoxy) is 1. The third-order valence-corrected chi connectivity index (χ3v) is 4.41. The maximum absolute atomic E-state index is 12.4. The molecule has 0 aromatic rings. The lowest BCUT2D eigenvalue weighted by Crippen LogP contribution is -2.45. The Kier molecular flexibility index (Phi) is 25.5. The van der Waals surface area contributed by atoms with Crippen LogP contribution in [-0.2, 0) is 9.53 Å². The lowest BCUT2D eigenvalue weighted by Gasteiger charge is -2.25. The number of nitrogens with zero attached hydrogens (tertiary/aromatic N) is 2. The lowest BCUT2D eigenvalue weighted by atomic mass is 9.93. The number of aliphatic imine (C=N–C) groups is 1. The van der Waals surface area contributed by atoms with Crippen LogP contribution in [0.4, 0.5) is 4.79 Å². The molecule has 0 aromatic heterocycles. The Morgan fingerprint density at radius 2 is 1.57 bits per heavy atom. The van der Waals surface area contributed by atoms with Gasteiger partial charge in [-0.25, -0.2) is 4.79 Å². The summed E-state index contributed by atoms with van der Waals surface area (Å²) < 4.78 is 4.50. The van der Waals surface area contributed by atoms with Crippen LogP contribution in [0.1, 0.15) is 81.1 Å². The first kappa shape index (κ1) is 36.7. The number of rotatable bonds is 9. The first-order valence-electron chi connectivity index (χ1n) is 12.8. The highest BCUT2D eigenvalue weighted by Crippen LogP contribution is 2.25. The van der Waals surface area contributed by atoms with Gasteiger partial charge in [0.15, 0.2) is 0 Å². The normalized spacial score (nSPS) is 11.9. The molecule has 1 rings (SSSR count). The second-order valence-corrected chi connectivity index (χ2v) is 7.31. The van der Waals surface area contributed by atoms with Gasteiger partial charge in [-0.1, -0.05) is 85.8 Å². The summed E-state index contributed by atoms with van der Waals surface area (Å²) >= 11 is 0. The van der Waals surface area contributed by atoms with E-state index in [4.69, 9.17) is 0 Å². The van der Waals surface area contributed by atoms with Crippen LogP contribution in [0, 0.1) is 0 Å². The highest BCUT2D eigenvalue weighted by molar-refractivity contribution is 5.91. The number of amides is 2. The minimum absolute atomic E-state index is 0.121. The van der Waals surface area contributed by atoms with Gasteiger partial charge in [0.05, 0.1) is 13.7 Å². The van der Waals surface area contributed by atoms with Crippen molar-refractivity contribution < 1.29 is 14.3 Å². The van der Waals surface area contributed by atoms with Gasteiger partial charge in [0.25, 0.3) is 0 Å². The number of amidine groups is 1. The number of nitrogens with one attached hydrogen (secondary N) is 2. The number of allylic oxidation sites excluding steroid dienone is 5. The van der Waals surface area contributed by atoms with Crippen molar-refractivity contribution in [2.24, 2.45) is 4.99 Å². The highest BCUT2D eigenvalue weighted by atomic mass is 16.5. The maximum Gasteiger partial charge on any atom is 0.407 e.